The van der Waals surface area contributed by atoms with E-state index in [0.717, 1.165) is 18.5 Å². The summed E-state index contributed by atoms with van der Waals surface area (Å²) in [7, 11) is 0. The van der Waals surface area contributed by atoms with Crippen LogP contribution in [0.15, 0.2) is 54.7 Å². The number of nitrogens with zero attached hydrogens (tertiary/aromatic N) is 1. The van der Waals surface area contributed by atoms with Gasteiger partial charge in [-0.1, -0.05) is 36.4 Å². The maximum atomic E-state index is 9.94. The number of aryl methyl sites for hydroxylation is 1. The van der Waals surface area contributed by atoms with E-state index >= 15 is 0 Å². The van der Waals surface area contributed by atoms with E-state index in [1.165, 1.54) is 5.56 Å². The summed E-state index contributed by atoms with van der Waals surface area (Å²) in [6.07, 6.45) is 3.80. The average Bonchev–Trinajstić information content (AvgIpc) is 2.39. The molecule has 2 rings (SSSR count). The summed E-state index contributed by atoms with van der Waals surface area (Å²) in [6, 6.07) is 16.0. The van der Waals surface area contributed by atoms with Gasteiger partial charge in [-0.3, -0.25) is 4.98 Å². The van der Waals surface area contributed by atoms with E-state index < -0.39 is 0 Å². The quantitative estimate of drug-likeness (QED) is 0.851. The zero-order valence-electron chi connectivity index (χ0n) is 9.79. The van der Waals surface area contributed by atoms with Crippen LogP contribution < -0.4 is 0 Å². The van der Waals surface area contributed by atoms with Crippen LogP contribution >= 0.6 is 0 Å². The highest BCUT2D eigenvalue weighted by Gasteiger charge is 2.06. The molecular weight excluding hydrogens is 210 g/mol. The molecule has 17 heavy (non-hydrogen) atoms. The zero-order valence-corrected chi connectivity index (χ0v) is 9.79. The number of pyridine rings is 1. The van der Waals surface area contributed by atoms with Gasteiger partial charge in [0.2, 0.25) is 0 Å². The molecule has 1 atom stereocenters. The van der Waals surface area contributed by atoms with Crippen molar-refractivity contribution in [2.75, 3.05) is 0 Å². The highest BCUT2D eigenvalue weighted by Crippen LogP contribution is 2.08. The molecule has 1 heterocycles. The van der Waals surface area contributed by atoms with Crippen LogP contribution in [0.25, 0.3) is 0 Å². The van der Waals surface area contributed by atoms with E-state index in [-0.39, 0.29) is 6.10 Å². The minimum Gasteiger partial charge on any atom is -0.393 e. The predicted octanol–water partition coefficient (Wildman–Crippen LogP) is 2.62. The molecule has 2 heteroatoms. The summed E-state index contributed by atoms with van der Waals surface area (Å²) >= 11 is 0. The fraction of sp³-hybridized carbons (Fsp3) is 0.267. The van der Waals surface area contributed by atoms with Gasteiger partial charge >= 0.3 is 0 Å². The van der Waals surface area contributed by atoms with Crippen LogP contribution in [0.3, 0.4) is 0 Å². The van der Waals surface area contributed by atoms with E-state index in [1.54, 1.807) is 6.20 Å². The third kappa shape index (κ3) is 4.00. The number of aliphatic hydroxyl groups is 1. The monoisotopic (exact) mass is 227 g/mol. The van der Waals surface area contributed by atoms with Gasteiger partial charge in [-0.15, -0.1) is 0 Å². The van der Waals surface area contributed by atoms with Gasteiger partial charge in [0.15, 0.2) is 0 Å². The number of hydrogen-bond acceptors (Lipinski definition) is 2. The summed E-state index contributed by atoms with van der Waals surface area (Å²) in [5.74, 6) is 0. The largest absolute Gasteiger partial charge is 0.393 e. The number of aliphatic hydroxyl groups excluding tert-OH is 1. The topological polar surface area (TPSA) is 33.1 Å². The van der Waals surface area contributed by atoms with Crippen molar-refractivity contribution in [2.24, 2.45) is 0 Å². The van der Waals surface area contributed by atoms with E-state index in [0.29, 0.717) is 6.42 Å². The highest BCUT2D eigenvalue weighted by atomic mass is 16.3. The van der Waals surface area contributed by atoms with Crippen molar-refractivity contribution in [3.05, 3.63) is 66.0 Å². The van der Waals surface area contributed by atoms with Crippen molar-refractivity contribution in [1.29, 1.82) is 0 Å². The maximum Gasteiger partial charge on any atom is 0.0584 e. The number of rotatable bonds is 5. The highest BCUT2D eigenvalue weighted by molar-refractivity contribution is 5.15. The predicted molar refractivity (Wildman–Crippen MR) is 68.7 cm³/mol. The molecule has 2 aromatic rings. The zero-order chi connectivity index (χ0) is 11.9. The Morgan fingerprint density at radius 3 is 2.47 bits per heavy atom. The SMILES string of the molecule is OC(CCc1ccccn1)Cc1ccccc1. The van der Waals surface area contributed by atoms with E-state index in [1.807, 2.05) is 48.5 Å². The second-order valence-electron chi connectivity index (χ2n) is 4.20. The molecule has 0 saturated carbocycles. The molecule has 0 saturated heterocycles. The first-order valence-electron chi connectivity index (χ1n) is 5.96. The minimum atomic E-state index is -0.292. The standard InChI is InChI=1S/C15H17NO/c17-15(12-13-6-2-1-3-7-13)10-9-14-8-4-5-11-16-14/h1-8,11,15,17H,9-10,12H2. The summed E-state index contributed by atoms with van der Waals surface area (Å²) in [5, 5.41) is 9.94. The normalized spacial score (nSPS) is 12.3. The first-order chi connectivity index (χ1) is 8.34. The molecule has 1 unspecified atom stereocenters. The lowest BCUT2D eigenvalue weighted by Gasteiger charge is -2.10. The van der Waals surface area contributed by atoms with Crippen LogP contribution in [0.4, 0.5) is 0 Å². The Morgan fingerprint density at radius 2 is 1.76 bits per heavy atom. The Hall–Kier alpha value is -1.67. The number of hydrogen-bond donors (Lipinski definition) is 1. The second-order valence-corrected chi connectivity index (χ2v) is 4.20. The third-order valence-corrected chi connectivity index (χ3v) is 2.77. The maximum absolute atomic E-state index is 9.94. The average molecular weight is 227 g/mol. The lowest BCUT2D eigenvalue weighted by atomic mass is 10.0. The van der Waals surface area contributed by atoms with Gasteiger partial charge in [0.05, 0.1) is 6.10 Å². The molecular formula is C15H17NO. The van der Waals surface area contributed by atoms with Gasteiger partial charge in [-0.25, -0.2) is 0 Å². The van der Waals surface area contributed by atoms with E-state index in [4.69, 9.17) is 0 Å². The Kier molecular flexibility index (Phi) is 4.28. The minimum absolute atomic E-state index is 0.292. The van der Waals surface area contributed by atoms with Crippen molar-refractivity contribution < 1.29 is 5.11 Å². The van der Waals surface area contributed by atoms with Gasteiger partial charge < -0.3 is 5.11 Å². The molecule has 2 nitrogen and oxygen atoms in total. The Morgan fingerprint density at radius 1 is 1.00 bits per heavy atom. The van der Waals surface area contributed by atoms with Crippen LogP contribution in [0, 0.1) is 0 Å². The lowest BCUT2D eigenvalue weighted by Crippen LogP contribution is -2.11. The molecule has 0 fully saturated rings. The molecule has 0 aliphatic carbocycles. The van der Waals surface area contributed by atoms with Gasteiger partial charge in [0.1, 0.15) is 0 Å². The van der Waals surface area contributed by atoms with Crippen molar-refractivity contribution in [1.82, 2.24) is 4.98 Å². The van der Waals surface area contributed by atoms with Crippen LogP contribution in [-0.4, -0.2) is 16.2 Å². The van der Waals surface area contributed by atoms with Gasteiger partial charge in [0, 0.05) is 11.9 Å². The summed E-state index contributed by atoms with van der Waals surface area (Å²) < 4.78 is 0. The fourth-order valence-corrected chi connectivity index (χ4v) is 1.85. The first kappa shape index (κ1) is 11.8. The van der Waals surface area contributed by atoms with Gasteiger partial charge in [-0.05, 0) is 37.0 Å². The van der Waals surface area contributed by atoms with Gasteiger partial charge in [0.25, 0.3) is 0 Å². The summed E-state index contributed by atoms with van der Waals surface area (Å²) in [4.78, 5) is 4.25. The molecule has 1 N–H and O–H groups in total. The molecule has 0 spiro atoms. The lowest BCUT2D eigenvalue weighted by molar-refractivity contribution is 0.165. The van der Waals surface area contributed by atoms with Crippen LogP contribution in [-0.2, 0) is 12.8 Å². The summed E-state index contributed by atoms with van der Waals surface area (Å²) in [5.41, 5.74) is 2.22. The second kappa shape index (κ2) is 6.16. The molecule has 0 aliphatic rings. The van der Waals surface area contributed by atoms with Gasteiger partial charge in [-0.2, -0.15) is 0 Å². The fourth-order valence-electron chi connectivity index (χ4n) is 1.85. The van der Waals surface area contributed by atoms with Crippen LogP contribution in [0.2, 0.25) is 0 Å². The van der Waals surface area contributed by atoms with Crippen LogP contribution in [0.1, 0.15) is 17.7 Å². The molecule has 0 radical (unpaired) electrons. The van der Waals surface area contributed by atoms with Crippen molar-refractivity contribution >= 4 is 0 Å². The van der Waals surface area contributed by atoms with Crippen molar-refractivity contribution in [2.45, 2.75) is 25.4 Å². The Bertz CT molecular complexity index is 427. The first-order valence-corrected chi connectivity index (χ1v) is 5.96. The molecule has 1 aromatic heterocycles. The van der Waals surface area contributed by atoms with E-state index in [2.05, 4.69) is 4.98 Å². The molecule has 1 aromatic carbocycles. The third-order valence-electron chi connectivity index (χ3n) is 2.77. The van der Waals surface area contributed by atoms with Crippen LogP contribution in [0.5, 0.6) is 0 Å². The Labute approximate surface area is 102 Å². The molecule has 0 aliphatic heterocycles. The number of benzene rings is 1. The summed E-state index contributed by atoms with van der Waals surface area (Å²) in [6.45, 7) is 0. The molecule has 0 bridgehead atoms. The Balaban J connectivity index is 1.80. The molecule has 0 amide bonds. The van der Waals surface area contributed by atoms with E-state index in [9.17, 15) is 5.11 Å². The number of aromatic nitrogens is 1. The molecule has 88 valence electrons. The van der Waals surface area contributed by atoms with Crippen molar-refractivity contribution in [3.63, 3.8) is 0 Å². The van der Waals surface area contributed by atoms with Crippen molar-refractivity contribution in [3.8, 4) is 0 Å². The smallest absolute Gasteiger partial charge is 0.0584 e.